The average molecular weight is 288 g/mol. The summed E-state index contributed by atoms with van der Waals surface area (Å²) >= 11 is 0. The minimum absolute atomic E-state index is 0.107. The highest BCUT2D eigenvalue weighted by Gasteiger charge is 2.25. The van der Waals surface area contributed by atoms with E-state index in [4.69, 9.17) is 0 Å². The van der Waals surface area contributed by atoms with Gasteiger partial charge in [0.2, 0.25) is 0 Å². The molecule has 108 valence electrons. The van der Waals surface area contributed by atoms with E-state index < -0.39 is 11.6 Å². The Morgan fingerprint density at radius 1 is 1.00 bits per heavy atom. The topological polar surface area (TPSA) is 0 Å². The number of benzene rings is 2. The van der Waals surface area contributed by atoms with E-state index in [0.29, 0.717) is 24.8 Å². The highest BCUT2D eigenvalue weighted by Crippen LogP contribution is 2.36. The molecule has 21 heavy (non-hydrogen) atoms. The van der Waals surface area contributed by atoms with Crippen molar-refractivity contribution < 1.29 is 13.2 Å². The molecule has 0 N–H and O–H groups in total. The van der Waals surface area contributed by atoms with E-state index in [-0.39, 0.29) is 17.3 Å². The van der Waals surface area contributed by atoms with Crippen LogP contribution in [0.25, 0.3) is 6.08 Å². The van der Waals surface area contributed by atoms with Crippen molar-refractivity contribution in [3.63, 3.8) is 0 Å². The molecule has 0 aromatic heterocycles. The molecule has 3 heteroatoms. The third-order valence-electron chi connectivity index (χ3n) is 4.14. The molecule has 0 heterocycles. The van der Waals surface area contributed by atoms with Crippen molar-refractivity contribution in [2.24, 2.45) is 0 Å². The molecule has 0 saturated heterocycles. The molecule has 1 aliphatic carbocycles. The lowest BCUT2D eigenvalue weighted by atomic mass is 9.79. The quantitative estimate of drug-likeness (QED) is 0.728. The standard InChI is InChI=1S/C18H15F3/c1-2-11-7-16(20)18(17(21)8-11)13-4-3-12-5-6-15(19)10-14(12)9-13/h2,5-8,10,13H,1,3-4,9H2. The van der Waals surface area contributed by atoms with E-state index in [2.05, 4.69) is 6.58 Å². The minimum Gasteiger partial charge on any atom is -0.207 e. The minimum atomic E-state index is -0.547. The highest BCUT2D eigenvalue weighted by molar-refractivity contribution is 5.49. The molecule has 1 aliphatic rings. The first kappa shape index (κ1) is 13.9. The summed E-state index contributed by atoms with van der Waals surface area (Å²) in [5.74, 6) is -1.65. The second-order valence-corrected chi connectivity index (χ2v) is 5.46. The zero-order chi connectivity index (χ0) is 15.0. The smallest absolute Gasteiger partial charge is 0.130 e. The zero-order valence-electron chi connectivity index (χ0n) is 11.5. The van der Waals surface area contributed by atoms with Gasteiger partial charge in [-0.1, -0.05) is 18.7 Å². The molecule has 1 atom stereocenters. The first-order valence-electron chi connectivity index (χ1n) is 6.97. The molecule has 0 bridgehead atoms. The van der Waals surface area contributed by atoms with Gasteiger partial charge in [-0.25, -0.2) is 13.2 Å². The van der Waals surface area contributed by atoms with Crippen LogP contribution >= 0.6 is 0 Å². The monoisotopic (exact) mass is 288 g/mol. The van der Waals surface area contributed by atoms with Crippen molar-refractivity contribution in [3.8, 4) is 0 Å². The Bertz CT molecular complexity index is 681. The van der Waals surface area contributed by atoms with Gasteiger partial charge in [0.15, 0.2) is 0 Å². The van der Waals surface area contributed by atoms with Crippen molar-refractivity contribution in [1.29, 1.82) is 0 Å². The lowest BCUT2D eigenvalue weighted by molar-refractivity contribution is 0.489. The van der Waals surface area contributed by atoms with Crippen LogP contribution in [0, 0.1) is 17.5 Å². The summed E-state index contributed by atoms with van der Waals surface area (Å²) in [5.41, 5.74) is 2.44. The van der Waals surface area contributed by atoms with Crippen LogP contribution in [0.3, 0.4) is 0 Å². The predicted molar refractivity (Wildman–Crippen MR) is 77.6 cm³/mol. The zero-order valence-corrected chi connectivity index (χ0v) is 11.5. The fourth-order valence-electron chi connectivity index (χ4n) is 3.08. The van der Waals surface area contributed by atoms with E-state index in [1.165, 1.54) is 30.3 Å². The van der Waals surface area contributed by atoms with Crippen LogP contribution < -0.4 is 0 Å². The molecule has 0 fully saturated rings. The summed E-state index contributed by atoms with van der Waals surface area (Å²) in [6.07, 6.45) is 3.26. The molecule has 0 amide bonds. The van der Waals surface area contributed by atoms with Gasteiger partial charge in [0, 0.05) is 5.56 Å². The van der Waals surface area contributed by atoms with Crippen molar-refractivity contribution in [3.05, 3.63) is 76.6 Å². The van der Waals surface area contributed by atoms with Gasteiger partial charge >= 0.3 is 0 Å². The highest BCUT2D eigenvalue weighted by atomic mass is 19.1. The second kappa shape index (κ2) is 5.40. The van der Waals surface area contributed by atoms with Gasteiger partial charge in [-0.2, -0.15) is 0 Å². The number of hydrogen-bond donors (Lipinski definition) is 0. The molecular formula is C18H15F3. The third-order valence-corrected chi connectivity index (χ3v) is 4.14. The van der Waals surface area contributed by atoms with Crippen molar-refractivity contribution in [2.45, 2.75) is 25.2 Å². The van der Waals surface area contributed by atoms with Crippen LogP contribution in [-0.4, -0.2) is 0 Å². The lowest BCUT2D eigenvalue weighted by Gasteiger charge is -2.25. The SMILES string of the molecule is C=Cc1cc(F)c(C2CCc3ccc(F)cc3C2)c(F)c1. The molecule has 0 nitrogen and oxygen atoms in total. The first-order chi connectivity index (χ1) is 10.1. The average Bonchev–Trinajstić information content (AvgIpc) is 2.46. The summed E-state index contributed by atoms with van der Waals surface area (Å²) in [6, 6.07) is 7.25. The van der Waals surface area contributed by atoms with Crippen LogP contribution in [0.5, 0.6) is 0 Å². The third kappa shape index (κ3) is 2.60. The van der Waals surface area contributed by atoms with E-state index in [1.807, 2.05) is 0 Å². The van der Waals surface area contributed by atoms with Crippen molar-refractivity contribution in [1.82, 2.24) is 0 Å². The maximum atomic E-state index is 14.2. The van der Waals surface area contributed by atoms with E-state index in [0.717, 1.165) is 11.1 Å². The Labute approximate surface area is 121 Å². The van der Waals surface area contributed by atoms with Gasteiger partial charge in [-0.3, -0.25) is 0 Å². The normalized spacial score (nSPS) is 17.4. The number of aryl methyl sites for hydroxylation is 1. The van der Waals surface area contributed by atoms with Crippen LogP contribution in [0.1, 0.15) is 34.6 Å². The van der Waals surface area contributed by atoms with Gasteiger partial charge in [-0.05, 0) is 66.1 Å². The Morgan fingerprint density at radius 3 is 2.38 bits per heavy atom. The van der Waals surface area contributed by atoms with Gasteiger partial charge in [0.25, 0.3) is 0 Å². The molecule has 3 rings (SSSR count). The van der Waals surface area contributed by atoms with Gasteiger partial charge in [0.1, 0.15) is 17.5 Å². The second-order valence-electron chi connectivity index (χ2n) is 5.46. The molecular weight excluding hydrogens is 273 g/mol. The Hall–Kier alpha value is -2.03. The largest absolute Gasteiger partial charge is 0.207 e. The maximum absolute atomic E-state index is 14.2. The van der Waals surface area contributed by atoms with Crippen LogP contribution in [0.4, 0.5) is 13.2 Å². The summed E-state index contributed by atoms with van der Waals surface area (Å²) in [4.78, 5) is 0. The maximum Gasteiger partial charge on any atom is 0.130 e. The van der Waals surface area contributed by atoms with E-state index in [9.17, 15) is 13.2 Å². The van der Waals surface area contributed by atoms with Gasteiger partial charge in [-0.15, -0.1) is 0 Å². The fourth-order valence-corrected chi connectivity index (χ4v) is 3.08. The molecule has 0 radical (unpaired) electrons. The van der Waals surface area contributed by atoms with Crippen LogP contribution in [0.15, 0.2) is 36.9 Å². The molecule has 2 aromatic rings. The number of halogens is 3. The van der Waals surface area contributed by atoms with Crippen molar-refractivity contribution in [2.75, 3.05) is 0 Å². The molecule has 1 unspecified atom stereocenters. The molecule has 0 aliphatic heterocycles. The lowest BCUT2D eigenvalue weighted by Crippen LogP contribution is -2.16. The summed E-state index contributed by atoms with van der Waals surface area (Å²) in [6.45, 7) is 3.52. The van der Waals surface area contributed by atoms with E-state index >= 15 is 0 Å². The Morgan fingerprint density at radius 2 is 1.71 bits per heavy atom. The van der Waals surface area contributed by atoms with Crippen LogP contribution in [0.2, 0.25) is 0 Å². The predicted octanol–water partition coefficient (Wildman–Crippen LogP) is 5.02. The number of fused-ring (bicyclic) bond motifs is 1. The summed E-state index contributed by atoms with van der Waals surface area (Å²) in [5, 5.41) is 0. The van der Waals surface area contributed by atoms with Gasteiger partial charge < -0.3 is 0 Å². The van der Waals surface area contributed by atoms with Crippen molar-refractivity contribution >= 4 is 6.08 Å². The Balaban J connectivity index is 1.98. The first-order valence-corrected chi connectivity index (χ1v) is 6.97. The molecule has 0 spiro atoms. The van der Waals surface area contributed by atoms with E-state index in [1.54, 1.807) is 6.07 Å². The number of hydrogen-bond acceptors (Lipinski definition) is 0. The van der Waals surface area contributed by atoms with Crippen LogP contribution in [-0.2, 0) is 12.8 Å². The van der Waals surface area contributed by atoms with Gasteiger partial charge in [0.05, 0.1) is 0 Å². The Kier molecular flexibility index (Phi) is 3.58. The molecule has 0 saturated carbocycles. The summed E-state index contributed by atoms with van der Waals surface area (Å²) in [7, 11) is 0. The molecule has 2 aromatic carbocycles. The summed E-state index contributed by atoms with van der Waals surface area (Å²) < 4.78 is 41.7. The number of rotatable bonds is 2. The fraction of sp³-hybridized carbons (Fsp3) is 0.222.